The van der Waals surface area contributed by atoms with Gasteiger partial charge in [0.05, 0.1) is 11.7 Å². The Bertz CT molecular complexity index is 428. The minimum absolute atomic E-state index is 0.0268. The zero-order valence-electron chi connectivity index (χ0n) is 10.3. The van der Waals surface area contributed by atoms with Crippen LogP contribution >= 0.6 is 15.9 Å². The number of ether oxygens (including phenoxy) is 1. The van der Waals surface area contributed by atoms with E-state index in [1.165, 1.54) is 0 Å². The van der Waals surface area contributed by atoms with Gasteiger partial charge in [-0.15, -0.1) is 0 Å². The number of rotatable bonds is 1. The Morgan fingerprint density at radius 2 is 2.35 bits per heavy atom. The number of aromatic nitrogens is 1. The van der Waals surface area contributed by atoms with Gasteiger partial charge in [0.2, 0.25) is 0 Å². The van der Waals surface area contributed by atoms with Gasteiger partial charge in [-0.1, -0.05) is 0 Å². The number of nitrogens with one attached hydrogen (secondary N) is 1. The maximum absolute atomic E-state index is 12.3. The second kappa shape index (κ2) is 4.46. The minimum Gasteiger partial charge on any atom is -0.369 e. The van der Waals surface area contributed by atoms with E-state index in [9.17, 15) is 4.79 Å². The molecule has 1 saturated heterocycles. The molecule has 0 aliphatic carbocycles. The first-order chi connectivity index (χ1) is 7.87. The number of morpholine rings is 1. The summed E-state index contributed by atoms with van der Waals surface area (Å²) >= 11 is 3.33. The fraction of sp³-hybridized carbons (Fsp3) is 0.583. The lowest BCUT2D eigenvalue weighted by Gasteiger charge is -2.41. The van der Waals surface area contributed by atoms with Crippen LogP contribution in [-0.4, -0.2) is 40.6 Å². The van der Waals surface area contributed by atoms with Crippen LogP contribution in [-0.2, 0) is 4.74 Å². The van der Waals surface area contributed by atoms with Crippen molar-refractivity contribution in [1.82, 2.24) is 9.88 Å². The average Bonchev–Trinajstić information content (AvgIpc) is 2.60. The van der Waals surface area contributed by atoms with Crippen LogP contribution in [0.1, 0.15) is 31.3 Å². The van der Waals surface area contributed by atoms with Crippen LogP contribution < -0.4 is 0 Å². The molecule has 0 radical (unpaired) electrons. The second-order valence-corrected chi connectivity index (χ2v) is 6.02. The molecule has 4 nitrogen and oxygen atoms in total. The van der Waals surface area contributed by atoms with Gasteiger partial charge in [0.1, 0.15) is 5.69 Å². The van der Waals surface area contributed by atoms with Gasteiger partial charge in [0.25, 0.3) is 5.91 Å². The molecule has 1 aromatic rings. The summed E-state index contributed by atoms with van der Waals surface area (Å²) in [6, 6.07) is 1.80. The molecule has 0 aromatic carbocycles. The smallest absolute Gasteiger partial charge is 0.270 e. The first-order valence-electron chi connectivity index (χ1n) is 5.68. The van der Waals surface area contributed by atoms with Crippen molar-refractivity contribution in [2.75, 3.05) is 13.1 Å². The number of halogens is 1. The van der Waals surface area contributed by atoms with Crippen molar-refractivity contribution in [3.63, 3.8) is 0 Å². The van der Waals surface area contributed by atoms with Gasteiger partial charge in [-0.2, -0.15) is 0 Å². The van der Waals surface area contributed by atoms with Crippen LogP contribution in [0.4, 0.5) is 0 Å². The summed E-state index contributed by atoms with van der Waals surface area (Å²) in [7, 11) is 0. The van der Waals surface area contributed by atoms with Crippen molar-refractivity contribution in [2.24, 2.45) is 0 Å². The Morgan fingerprint density at radius 3 is 2.88 bits per heavy atom. The van der Waals surface area contributed by atoms with Crippen molar-refractivity contribution in [1.29, 1.82) is 0 Å². The van der Waals surface area contributed by atoms with Crippen LogP contribution in [0.2, 0.25) is 0 Å². The number of H-pyrrole nitrogens is 1. The zero-order valence-corrected chi connectivity index (χ0v) is 11.9. The van der Waals surface area contributed by atoms with Crippen molar-refractivity contribution >= 4 is 21.8 Å². The molecule has 17 heavy (non-hydrogen) atoms. The lowest BCUT2D eigenvalue weighted by Crippen LogP contribution is -2.53. The van der Waals surface area contributed by atoms with E-state index in [0.29, 0.717) is 18.8 Å². The summed E-state index contributed by atoms with van der Waals surface area (Å²) in [6.45, 7) is 7.26. The highest BCUT2D eigenvalue weighted by Gasteiger charge is 2.34. The number of amides is 1. The molecule has 2 rings (SSSR count). The van der Waals surface area contributed by atoms with E-state index in [-0.39, 0.29) is 17.6 Å². The van der Waals surface area contributed by atoms with Crippen molar-refractivity contribution in [2.45, 2.75) is 32.5 Å². The van der Waals surface area contributed by atoms with Gasteiger partial charge in [0, 0.05) is 23.8 Å². The molecule has 1 aliphatic heterocycles. The second-order valence-electron chi connectivity index (χ2n) is 5.11. The molecule has 1 atom stereocenters. The SMILES string of the molecule is CC1CN(C(=O)c2cc(Br)c[nH]2)CC(C)(C)O1. The minimum atomic E-state index is -0.281. The maximum atomic E-state index is 12.3. The van der Waals surface area contributed by atoms with E-state index in [1.807, 2.05) is 25.7 Å². The third-order valence-corrected chi connectivity index (χ3v) is 3.19. The van der Waals surface area contributed by atoms with E-state index in [0.717, 1.165) is 4.47 Å². The molecule has 0 bridgehead atoms. The van der Waals surface area contributed by atoms with Gasteiger partial charge < -0.3 is 14.6 Å². The molecule has 1 unspecified atom stereocenters. The average molecular weight is 301 g/mol. The highest BCUT2D eigenvalue weighted by atomic mass is 79.9. The lowest BCUT2D eigenvalue weighted by atomic mass is 10.1. The van der Waals surface area contributed by atoms with Crippen LogP contribution in [0.3, 0.4) is 0 Å². The van der Waals surface area contributed by atoms with Gasteiger partial charge >= 0.3 is 0 Å². The molecule has 0 spiro atoms. The van der Waals surface area contributed by atoms with E-state index in [1.54, 1.807) is 12.3 Å². The summed E-state index contributed by atoms with van der Waals surface area (Å²) in [5, 5.41) is 0. The predicted octanol–water partition coefficient (Wildman–Crippen LogP) is 2.42. The first kappa shape index (κ1) is 12.6. The topological polar surface area (TPSA) is 45.3 Å². The van der Waals surface area contributed by atoms with Crippen LogP contribution in [0.15, 0.2) is 16.7 Å². The molecule has 94 valence electrons. The monoisotopic (exact) mass is 300 g/mol. The van der Waals surface area contributed by atoms with Crippen molar-refractivity contribution in [3.8, 4) is 0 Å². The molecule has 1 aliphatic rings. The molecule has 1 N–H and O–H groups in total. The highest BCUT2D eigenvalue weighted by molar-refractivity contribution is 9.10. The van der Waals surface area contributed by atoms with E-state index in [4.69, 9.17) is 4.74 Å². The van der Waals surface area contributed by atoms with E-state index in [2.05, 4.69) is 20.9 Å². The number of carbonyl (C=O) groups is 1. The molecule has 1 fully saturated rings. The zero-order chi connectivity index (χ0) is 12.6. The van der Waals surface area contributed by atoms with E-state index >= 15 is 0 Å². The Morgan fingerprint density at radius 1 is 1.65 bits per heavy atom. The maximum Gasteiger partial charge on any atom is 0.270 e. The fourth-order valence-corrected chi connectivity index (χ4v) is 2.61. The quantitative estimate of drug-likeness (QED) is 0.866. The molecular weight excluding hydrogens is 284 g/mol. The van der Waals surface area contributed by atoms with Crippen LogP contribution in [0.5, 0.6) is 0 Å². The summed E-state index contributed by atoms with van der Waals surface area (Å²) in [4.78, 5) is 17.1. The Labute approximate surface area is 109 Å². The summed E-state index contributed by atoms with van der Waals surface area (Å²) < 4.78 is 6.67. The number of hydrogen-bond donors (Lipinski definition) is 1. The van der Waals surface area contributed by atoms with Crippen molar-refractivity contribution in [3.05, 3.63) is 22.4 Å². The Balaban J connectivity index is 2.14. The Kier molecular flexibility index (Phi) is 3.32. The number of hydrogen-bond acceptors (Lipinski definition) is 2. The predicted molar refractivity (Wildman–Crippen MR) is 69.0 cm³/mol. The molecular formula is C12H17BrN2O2. The number of carbonyl (C=O) groups excluding carboxylic acids is 1. The standard InChI is InChI=1S/C12H17BrN2O2/c1-8-6-15(7-12(2,3)17-8)11(16)10-4-9(13)5-14-10/h4-5,8,14H,6-7H2,1-3H3. The number of nitrogens with zero attached hydrogens (tertiary/aromatic N) is 1. The third kappa shape index (κ3) is 2.90. The van der Waals surface area contributed by atoms with Crippen LogP contribution in [0, 0.1) is 0 Å². The largest absolute Gasteiger partial charge is 0.369 e. The molecule has 2 heterocycles. The third-order valence-electron chi connectivity index (χ3n) is 2.73. The van der Waals surface area contributed by atoms with Gasteiger partial charge in [-0.3, -0.25) is 4.79 Å². The highest BCUT2D eigenvalue weighted by Crippen LogP contribution is 2.22. The van der Waals surface area contributed by atoms with E-state index < -0.39 is 0 Å². The van der Waals surface area contributed by atoms with Gasteiger partial charge in [-0.05, 0) is 42.8 Å². The lowest BCUT2D eigenvalue weighted by molar-refractivity contribution is -0.118. The summed E-state index contributed by atoms with van der Waals surface area (Å²) in [5.41, 5.74) is 0.332. The first-order valence-corrected chi connectivity index (χ1v) is 6.48. The fourth-order valence-electron chi connectivity index (χ4n) is 2.27. The molecule has 5 heteroatoms. The molecule has 0 saturated carbocycles. The van der Waals surface area contributed by atoms with Gasteiger partial charge in [0.15, 0.2) is 0 Å². The number of aromatic amines is 1. The molecule has 1 aromatic heterocycles. The Hall–Kier alpha value is -0.810. The normalized spacial score (nSPS) is 23.8. The summed E-state index contributed by atoms with van der Waals surface area (Å²) in [5.74, 6) is 0.0268. The van der Waals surface area contributed by atoms with Gasteiger partial charge in [-0.25, -0.2) is 0 Å². The molecule has 1 amide bonds. The van der Waals surface area contributed by atoms with Crippen LogP contribution in [0.25, 0.3) is 0 Å². The van der Waals surface area contributed by atoms with Crippen molar-refractivity contribution < 1.29 is 9.53 Å². The summed E-state index contributed by atoms with van der Waals surface area (Å²) in [6.07, 6.45) is 1.84.